The summed E-state index contributed by atoms with van der Waals surface area (Å²) in [6.45, 7) is 7.09. The molecule has 1 fully saturated rings. The van der Waals surface area contributed by atoms with Crippen molar-refractivity contribution >= 4 is 11.8 Å². The van der Waals surface area contributed by atoms with E-state index in [0.717, 1.165) is 17.8 Å². The summed E-state index contributed by atoms with van der Waals surface area (Å²) in [5.74, 6) is 0. The Labute approximate surface area is 114 Å². The first-order chi connectivity index (χ1) is 8.86. The number of rotatable bonds is 3. The number of nitrogens with one attached hydrogen (secondary N) is 1. The number of fused-ring (bicyclic) bond motifs is 1. The van der Waals surface area contributed by atoms with E-state index in [0.29, 0.717) is 0 Å². The van der Waals surface area contributed by atoms with Gasteiger partial charge in [-0.25, -0.2) is 0 Å². The standard InChI is InChI=1S/C15H22N2S/c1-2-13-10-16-7-8-17(13)11-14-9-12-5-3-4-6-15(12)18-14/h3-6,13-14,16H,2,7-11H2,1H3. The molecule has 2 atom stereocenters. The lowest BCUT2D eigenvalue weighted by atomic mass is 10.1. The predicted molar refractivity (Wildman–Crippen MR) is 78.3 cm³/mol. The van der Waals surface area contributed by atoms with Crippen LogP contribution in [-0.4, -0.2) is 42.4 Å². The minimum Gasteiger partial charge on any atom is -0.314 e. The van der Waals surface area contributed by atoms with Crippen molar-refractivity contribution in [3.8, 4) is 0 Å². The summed E-state index contributed by atoms with van der Waals surface area (Å²) in [5, 5.41) is 4.27. The van der Waals surface area contributed by atoms with Gasteiger partial charge in [0.25, 0.3) is 0 Å². The van der Waals surface area contributed by atoms with Gasteiger partial charge in [-0.1, -0.05) is 25.1 Å². The molecule has 98 valence electrons. The summed E-state index contributed by atoms with van der Waals surface area (Å²) in [7, 11) is 0. The average molecular weight is 262 g/mol. The van der Waals surface area contributed by atoms with Gasteiger partial charge in [-0.05, 0) is 24.5 Å². The molecule has 1 aromatic carbocycles. The minimum atomic E-state index is 0.739. The quantitative estimate of drug-likeness (QED) is 0.900. The van der Waals surface area contributed by atoms with E-state index in [4.69, 9.17) is 0 Å². The molecule has 0 aromatic heterocycles. The van der Waals surface area contributed by atoms with Crippen LogP contribution in [0.1, 0.15) is 18.9 Å². The molecular weight excluding hydrogens is 240 g/mol. The van der Waals surface area contributed by atoms with Crippen LogP contribution in [0.4, 0.5) is 0 Å². The van der Waals surface area contributed by atoms with Crippen LogP contribution < -0.4 is 5.32 Å². The van der Waals surface area contributed by atoms with Crippen LogP contribution in [-0.2, 0) is 6.42 Å². The molecule has 1 aromatic rings. The van der Waals surface area contributed by atoms with E-state index < -0.39 is 0 Å². The highest BCUT2D eigenvalue weighted by Crippen LogP contribution is 2.37. The number of piperazine rings is 1. The topological polar surface area (TPSA) is 15.3 Å². The summed E-state index contributed by atoms with van der Waals surface area (Å²) in [6, 6.07) is 9.63. The molecule has 0 radical (unpaired) electrons. The Hall–Kier alpha value is -0.510. The molecule has 18 heavy (non-hydrogen) atoms. The first-order valence-corrected chi connectivity index (χ1v) is 7.94. The van der Waals surface area contributed by atoms with Crippen LogP contribution in [0.25, 0.3) is 0 Å². The van der Waals surface area contributed by atoms with Gasteiger partial charge in [0.15, 0.2) is 0 Å². The number of hydrogen-bond acceptors (Lipinski definition) is 3. The number of nitrogens with zero attached hydrogens (tertiary/aromatic N) is 1. The van der Waals surface area contributed by atoms with Crippen molar-refractivity contribution in [3.05, 3.63) is 29.8 Å². The zero-order valence-electron chi connectivity index (χ0n) is 11.1. The second kappa shape index (κ2) is 5.64. The normalized spacial score (nSPS) is 28.3. The van der Waals surface area contributed by atoms with E-state index >= 15 is 0 Å². The van der Waals surface area contributed by atoms with Crippen molar-refractivity contribution in [1.82, 2.24) is 10.2 Å². The van der Waals surface area contributed by atoms with Gasteiger partial charge in [-0.3, -0.25) is 4.90 Å². The molecule has 1 saturated heterocycles. The molecule has 2 aliphatic rings. The molecule has 2 unspecified atom stereocenters. The minimum absolute atomic E-state index is 0.739. The molecule has 3 heteroatoms. The lowest BCUT2D eigenvalue weighted by molar-refractivity contribution is 0.158. The van der Waals surface area contributed by atoms with Crippen LogP contribution >= 0.6 is 11.8 Å². The predicted octanol–water partition coefficient (Wildman–Crippen LogP) is 2.39. The Morgan fingerprint density at radius 3 is 3.11 bits per heavy atom. The molecule has 3 rings (SSSR count). The third kappa shape index (κ3) is 2.58. The van der Waals surface area contributed by atoms with Crippen molar-refractivity contribution in [3.63, 3.8) is 0 Å². The molecule has 2 heterocycles. The highest BCUT2D eigenvalue weighted by Gasteiger charge is 2.27. The van der Waals surface area contributed by atoms with Crippen LogP contribution in [0.3, 0.4) is 0 Å². The first kappa shape index (κ1) is 12.5. The third-order valence-corrected chi connectivity index (χ3v) is 5.40. The van der Waals surface area contributed by atoms with Gasteiger partial charge in [0.1, 0.15) is 0 Å². The summed E-state index contributed by atoms with van der Waals surface area (Å²) in [5.41, 5.74) is 1.55. The van der Waals surface area contributed by atoms with Crippen molar-refractivity contribution in [2.24, 2.45) is 0 Å². The van der Waals surface area contributed by atoms with Crippen LogP contribution in [0.2, 0.25) is 0 Å². The summed E-state index contributed by atoms with van der Waals surface area (Å²) >= 11 is 2.08. The largest absolute Gasteiger partial charge is 0.314 e. The Morgan fingerprint density at radius 1 is 1.39 bits per heavy atom. The highest BCUT2D eigenvalue weighted by atomic mass is 32.2. The second-order valence-corrected chi connectivity index (χ2v) is 6.66. The lowest BCUT2D eigenvalue weighted by Crippen LogP contribution is -2.52. The number of benzene rings is 1. The van der Waals surface area contributed by atoms with Gasteiger partial charge >= 0.3 is 0 Å². The number of hydrogen-bond donors (Lipinski definition) is 1. The van der Waals surface area contributed by atoms with Gasteiger partial charge in [0.2, 0.25) is 0 Å². The van der Waals surface area contributed by atoms with Crippen LogP contribution in [0.15, 0.2) is 29.2 Å². The average Bonchev–Trinajstić information content (AvgIpc) is 2.81. The van der Waals surface area contributed by atoms with Gasteiger partial charge < -0.3 is 5.32 Å². The fourth-order valence-corrected chi connectivity index (χ4v) is 4.41. The molecule has 0 saturated carbocycles. The molecule has 0 spiro atoms. The van der Waals surface area contributed by atoms with Crippen LogP contribution in [0, 0.1) is 0 Å². The molecule has 0 bridgehead atoms. The van der Waals surface area contributed by atoms with Crippen molar-refractivity contribution in [2.75, 3.05) is 26.2 Å². The van der Waals surface area contributed by atoms with E-state index in [2.05, 4.69) is 53.2 Å². The first-order valence-electron chi connectivity index (χ1n) is 7.06. The van der Waals surface area contributed by atoms with Crippen molar-refractivity contribution in [1.29, 1.82) is 0 Å². The van der Waals surface area contributed by atoms with E-state index in [-0.39, 0.29) is 0 Å². The summed E-state index contributed by atoms with van der Waals surface area (Å²) < 4.78 is 0. The maximum atomic E-state index is 3.51. The Morgan fingerprint density at radius 2 is 2.28 bits per heavy atom. The van der Waals surface area contributed by atoms with Gasteiger partial charge in [0.05, 0.1) is 0 Å². The maximum Gasteiger partial charge on any atom is 0.0263 e. The fraction of sp³-hybridized carbons (Fsp3) is 0.600. The lowest BCUT2D eigenvalue weighted by Gasteiger charge is -2.37. The fourth-order valence-electron chi connectivity index (χ4n) is 3.06. The molecular formula is C15H22N2S. The van der Waals surface area contributed by atoms with E-state index in [1.165, 1.54) is 37.4 Å². The molecule has 2 aliphatic heterocycles. The van der Waals surface area contributed by atoms with E-state index in [9.17, 15) is 0 Å². The third-order valence-electron chi connectivity index (χ3n) is 4.10. The summed E-state index contributed by atoms with van der Waals surface area (Å²) in [4.78, 5) is 4.20. The SMILES string of the molecule is CCC1CNCCN1CC1Cc2ccccc2S1. The Bertz CT molecular complexity index is 382. The summed E-state index contributed by atoms with van der Waals surface area (Å²) in [6.07, 6.45) is 2.51. The smallest absolute Gasteiger partial charge is 0.0263 e. The number of thioether (sulfide) groups is 1. The zero-order chi connectivity index (χ0) is 12.4. The van der Waals surface area contributed by atoms with E-state index in [1.807, 2.05) is 0 Å². The zero-order valence-corrected chi connectivity index (χ0v) is 11.9. The Balaban J connectivity index is 1.61. The van der Waals surface area contributed by atoms with Gasteiger partial charge in [-0.2, -0.15) is 0 Å². The molecule has 2 nitrogen and oxygen atoms in total. The second-order valence-electron chi connectivity index (χ2n) is 5.31. The molecule has 1 N–H and O–H groups in total. The highest BCUT2D eigenvalue weighted by molar-refractivity contribution is 8.00. The van der Waals surface area contributed by atoms with Gasteiger partial charge in [-0.15, -0.1) is 11.8 Å². The molecule has 0 aliphatic carbocycles. The molecule has 0 amide bonds. The monoisotopic (exact) mass is 262 g/mol. The maximum absolute atomic E-state index is 3.51. The van der Waals surface area contributed by atoms with Crippen molar-refractivity contribution in [2.45, 2.75) is 36.0 Å². The van der Waals surface area contributed by atoms with E-state index in [1.54, 1.807) is 5.56 Å². The van der Waals surface area contributed by atoms with Crippen molar-refractivity contribution < 1.29 is 0 Å². The van der Waals surface area contributed by atoms with Crippen LogP contribution in [0.5, 0.6) is 0 Å². The Kier molecular flexibility index (Phi) is 3.92. The van der Waals surface area contributed by atoms with Gasteiger partial charge in [0, 0.05) is 42.4 Å².